The quantitative estimate of drug-likeness (QED) is 0.736. The summed E-state index contributed by atoms with van der Waals surface area (Å²) in [6.07, 6.45) is 2.70. The predicted octanol–water partition coefficient (Wildman–Crippen LogP) is 2.70. The van der Waals surface area contributed by atoms with Crippen molar-refractivity contribution in [3.63, 3.8) is 0 Å². The Morgan fingerprint density at radius 1 is 1.24 bits per heavy atom. The van der Waals surface area contributed by atoms with E-state index < -0.39 is 0 Å². The van der Waals surface area contributed by atoms with Crippen molar-refractivity contribution in [2.45, 2.75) is 26.8 Å². The fourth-order valence-corrected chi connectivity index (χ4v) is 2.42. The molecule has 0 bridgehead atoms. The van der Waals surface area contributed by atoms with Gasteiger partial charge in [0, 0.05) is 25.0 Å². The van der Waals surface area contributed by atoms with Crippen LogP contribution in [0.1, 0.15) is 17.8 Å². The number of fused-ring (bicyclic) bond motifs is 1. The van der Waals surface area contributed by atoms with E-state index in [2.05, 4.69) is 33.5 Å². The summed E-state index contributed by atoms with van der Waals surface area (Å²) >= 11 is 5.92. The van der Waals surface area contributed by atoms with E-state index in [1.165, 1.54) is 5.69 Å². The fraction of sp³-hybridized carbons (Fsp3) is 0.357. The molecule has 0 saturated heterocycles. The Labute approximate surface area is 127 Å². The molecule has 0 spiro atoms. The molecule has 3 rings (SSSR count). The minimum Gasteiger partial charge on any atom is -0.353 e. The molecule has 7 heteroatoms. The van der Waals surface area contributed by atoms with Crippen molar-refractivity contribution in [1.29, 1.82) is 0 Å². The Hall–Kier alpha value is -2.08. The third-order valence-corrected chi connectivity index (χ3v) is 3.45. The first-order valence-electron chi connectivity index (χ1n) is 6.89. The number of anilines is 1. The number of hydrogen-bond donors (Lipinski definition) is 1. The van der Waals surface area contributed by atoms with Gasteiger partial charge in [-0.1, -0.05) is 11.6 Å². The predicted molar refractivity (Wildman–Crippen MR) is 82.8 cm³/mol. The lowest BCUT2D eigenvalue weighted by atomic mass is 10.4. The lowest BCUT2D eigenvalue weighted by molar-refractivity contribution is 0.573. The summed E-state index contributed by atoms with van der Waals surface area (Å²) in [5, 5.41) is 12.6. The lowest BCUT2D eigenvalue weighted by Gasteiger charge is -2.04. The van der Waals surface area contributed by atoms with Crippen molar-refractivity contribution in [2.75, 3.05) is 11.9 Å². The summed E-state index contributed by atoms with van der Waals surface area (Å²) in [6.45, 7) is 5.75. The van der Waals surface area contributed by atoms with Gasteiger partial charge in [0.25, 0.3) is 0 Å². The second-order valence-electron chi connectivity index (χ2n) is 5.02. The van der Waals surface area contributed by atoms with Crippen molar-refractivity contribution in [3.05, 3.63) is 40.8 Å². The molecule has 110 valence electrons. The normalized spacial score (nSPS) is 11.2. The van der Waals surface area contributed by atoms with Crippen LogP contribution in [0.4, 0.5) is 5.95 Å². The van der Waals surface area contributed by atoms with Crippen LogP contribution in [0.5, 0.6) is 0 Å². The zero-order chi connectivity index (χ0) is 14.8. The monoisotopic (exact) mass is 304 g/mol. The number of aryl methyl sites for hydroxylation is 3. The zero-order valence-electron chi connectivity index (χ0n) is 12.0. The Bertz CT molecular complexity index is 760. The molecule has 0 fully saturated rings. The lowest BCUT2D eigenvalue weighted by Crippen LogP contribution is -2.09. The standard InChI is InChI=1S/C14H17ClN6/c1-10-8-11(2)20(18-10)7-3-6-16-14-17-13-5-4-12(15)9-21(13)19-14/h4-5,8-9H,3,6-7H2,1-2H3,(H,16,19). The summed E-state index contributed by atoms with van der Waals surface area (Å²) in [6, 6.07) is 5.73. The Morgan fingerprint density at radius 2 is 2.10 bits per heavy atom. The topological polar surface area (TPSA) is 60.0 Å². The number of hydrogen-bond acceptors (Lipinski definition) is 4. The molecule has 6 nitrogen and oxygen atoms in total. The van der Waals surface area contributed by atoms with Gasteiger partial charge in [-0.3, -0.25) is 4.68 Å². The highest BCUT2D eigenvalue weighted by Crippen LogP contribution is 2.11. The fourth-order valence-electron chi connectivity index (χ4n) is 2.26. The highest BCUT2D eigenvalue weighted by molar-refractivity contribution is 6.30. The van der Waals surface area contributed by atoms with Gasteiger partial charge in [0.15, 0.2) is 5.65 Å². The van der Waals surface area contributed by atoms with Crippen LogP contribution < -0.4 is 5.32 Å². The molecular weight excluding hydrogens is 288 g/mol. The summed E-state index contributed by atoms with van der Waals surface area (Å²) in [5.41, 5.74) is 3.02. The maximum atomic E-state index is 5.92. The van der Waals surface area contributed by atoms with Crippen molar-refractivity contribution in [1.82, 2.24) is 24.4 Å². The number of nitrogens with one attached hydrogen (secondary N) is 1. The second-order valence-corrected chi connectivity index (χ2v) is 5.45. The van der Waals surface area contributed by atoms with Crippen LogP contribution in [0.2, 0.25) is 5.02 Å². The highest BCUT2D eigenvalue weighted by atomic mass is 35.5. The van der Waals surface area contributed by atoms with Gasteiger partial charge in [0.1, 0.15) is 0 Å². The molecule has 0 amide bonds. The van der Waals surface area contributed by atoms with E-state index in [1.54, 1.807) is 16.8 Å². The van der Waals surface area contributed by atoms with Gasteiger partial charge in [-0.15, -0.1) is 5.10 Å². The van der Waals surface area contributed by atoms with Gasteiger partial charge in [0.05, 0.1) is 10.7 Å². The van der Waals surface area contributed by atoms with Crippen molar-refractivity contribution in [3.8, 4) is 0 Å². The van der Waals surface area contributed by atoms with Gasteiger partial charge < -0.3 is 5.32 Å². The minimum absolute atomic E-state index is 0.616. The van der Waals surface area contributed by atoms with E-state index in [1.807, 2.05) is 17.7 Å². The summed E-state index contributed by atoms with van der Waals surface area (Å²) < 4.78 is 3.69. The molecule has 0 aliphatic carbocycles. The Morgan fingerprint density at radius 3 is 2.86 bits per heavy atom. The number of nitrogens with zero attached hydrogens (tertiary/aromatic N) is 5. The molecule has 0 unspecified atom stereocenters. The highest BCUT2D eigenvalue weighted by Gasteiger charge is 2.04. The number of pyridine rings is 1. The van der Waals surface area contributed by atoms with E-state index >= 15 is 0 Å². The van der Waals surface area contributed by atoms with Gasteiger partial charge in [-0.05, 0) is 38.5 Å². The number of aromatic nitrogens is 5. The molecule has 3 aromatic rings. The molecule has 21 heavy (non-hydrogen) atoms. The second kappa shape index (κ2) is 5.73. The first-order valence-corrected chi connectivity index (χ1v) is 7.26. The first-order chi connectivity index (χ1) is 10.1. The van der Waals surface area contributed by atoms with Crippen LogP contribution in [0.25, 0.3) is 5.65 Å². The molecule has 0 aromatic carbocycles. The van der Waals surface area contributed by atoms with Crippen LogP contribution in [-0.2, 0) is 6.54 Å². The van der Waals surface area contributed by atoms with Crippen molar-refractivity contribution >= 4 is 23.2 Å². The van der Waals surface area contributed by atoms with Crippen molar-refractivity contribution < 1.29 is 0 Å². The van der Waals surface area contributed by atoms with Crippen LogP contribution in [0.3, 0.4) is 0 Å². The molecule has 0 aliphatic heterocycles. The van der Waals surface area contributed by atoms with E-state index in [9.17, 15) is 0 Å². The Balaban J connectivity index is 1.55. The molecule has 0 aliphatic rings. The third kappa shape index (κ3) is 3.16. The number of halogens is 1. The molecular formula is C14H17ClN6. The molecule has 0 radical (unpaired) electrons. The van der Waals surface area contributed by atoms with Crippen molar-refractivity contribution in [2.24, 2.45) is 0 Å². The van der Waals surface area contributed by atoms with E-state index in [0.717, 1.165) is 30.9 Å². The molecule has 3 heterocycles. The van der Waals surface area contributed by atoms with Crippen LogP contribution in [0, 0.1) is 13.8 Å². The van der Waals surface area contributed by atoms with E-state index in [0.29, 0.717) is 11.0 Å². The summed E-state index contributed by atoms with van der Waals surface area (Å²) in [5.74, 6) is 0.616. The maximum absolute atomic E-state index is 5.92. The van der Waals surface area contributed by atoms with Gasteiger partial charge in [0.2, 0.25) is 5.95 Å². The number of rotatable bonds is 5. The largest absolute Gasteiger partial charge is 0.353 e. The average Bonchev–Trinajstić information content (AvgIpc) is 2.97. The molecule has 0 saturated carbocycles. The first kappa shape index (κ1) is 13.9. The third-order valence-electron chi connectivity index (χ3n) is 3.23. The van der Waals surface area contributed by atoms with E-state index in [4.69, 9.17) is 11.6 Å². The average molecular weight is 305 g/mol. The van der Waals surface area contributed by atoms with Crippen LogP contribution in [-0.4, -0.2) is 30.9 Å². The Kier molecular flexibility index (Phi) is 3.79. The van der Waals surface area contributed by atoms with Gasteiger partial charge >= 0.3 is 0 Å². The smallest absolute Gasteiger partial charge is 0.243 e. The summed E-state index contributed by atoms with van der Waals surface area (Å²) in [7, 11) is 0. The van der Waals surface area contributed by atoms with E-state index in [-0.39, 0.29) is 0 Å². The summed E-state index contributed by atoms with van der Waals surface area (Å²) in [4.78, 5) is 4.38. The van der Waals surface area contributed by atoms with Crippen LogP contribution >= 0.6 is 11.6 Å². The zero-order valence-corrected chi connectivity index (χ0v) is 12.8. The molecule has 0 atom stereocenters. The maximum Gasteiger partial charge on any atom is 0.243 e. The van der Waals surface area contributed by atoms with Gasteiger partial charge in [-0.2, -0.15) is 10.1 Å². The molecule has 3 aromatic heterocycles. The minimum atomic E-state index is 0.616. The molecule has 1 N–H and O–H groups in total. The van der Waals surface area contributed by atoms with Crippen LogP contribution in [0.15, 0.2) is 24.4 Å². The van der Waals surface area contributed by atoms with Gasteiger partial charge in [-0.25, -0.2) is 4.52 Å². The SMILES string of the molecule is Cc1cc(C)n(CCCNc2nc3ccc(Cl)cn3n2)n1.